The molecule has 0 aromatic carbocycles. The van der Waals surface area contributed by atoms with Crippen molar-refractivity contribution in [1.29, 1.82) is 0 Å². The summed E-state index contributed by atoms with van der Waals surface area (Å²) >= 11 is 0. The van der Waals surface area contributed by atoms with E-state index in [4.69, 9.17) is 37.0 Å². The van der Waals surface area contributed by atoms with Crippen LogP contribution in [-0.2, 0) is 65.4 Å². The second-order valence-corrected chi connectivity index (χ2v) is 34.1. The fourth-order valence-corrected chi connectivity index (χ4v) is 15.0. The van der Waals surface area contributed by atoms with Crippen molar-refractivity contribution in [3.63, 3.8) is 0 Å². The predicted molar refractivity (Wildman–Crippen MR) is 432 cm³/mol. The zero-order valence-corrected chi connectivity index (χ0v) is 70.7. The van der Waals surface area contributed by atoms with Crippen LogP contribution in [0.4, 0.5) is 0 Å². The number of carbonyl (C=O) groups excluding carboxylic acids is 4. The monoisotopic (exact) mass is 1540 g/mol. The lowest BCUT2D eigenvalue weighted by molar-refractivity contribution is -0.161. The topological polar surface area (TPSA) is 237 Å². The molecule has 0 heterocycles. The van der Waals surface area contributed by atoms with Gasteiger partial charge >= 0.3 is 39.5 Å². The third-order valence-corrected chi connectivity index (χ3v) is 22.5. The number of hydrogen-bond acceptors (Lipinski definition) is 15. The summed E-state index contributed by atoms with van der Waals surface area (Å²) in [5.41, 5.74) is 0. The fraction of sp³-hybridized carbons (Fsp3) is 0.953. The molecule has 0 saturated heterocycles. The van der Waals surface area contributed by atoms with Gasteiger partial charge in [0.1, 0.15) is 19.3 Å². The fourth-order valence-electron chi connectivity index (χ4n) is 13.4. The van der Waals surface area contributed by atoms with E-state index in [-0.39, 0.29) is 25.7 Å². The molecule has 3 unspecified atom stereocenters. The van der Waals surface area contributed by atoms with Crippen molar-refractivity contribution in [3.8, 4) is 0 Å². The van der Waals surface area contributed by atoms with Crippen LogP contribution in [0.15, 0.2) is 0 Å². The molecular formula is C86H168O17P2. The second-order valence-electron chi connectivity index (χ2n) is 31.2. The summed E-state index contributed by atoms with van der Waals surface area (Å²) in [6, 6.07) is 0. The van der Waals surface area contributed by atoms with Crippen LogP contribution in [0.3, 0.4) is 0 Å². The van der Waals surface area contributed by atoms with Crippen LogP contribution in [-0.4, -0.2) is 96.7 Å². The number of ether oxygens (including phenoxy) is 4. The molecule has 17 nitrogen and oxygen atoms in total. The van der Waals surface area contributed by atoms with E-state index in [0.717, 1.165) is 102 Å². The van der Waals surface area contributed by atoms with Crippen LogP contribution < -0.4 is 0 Å². The first-order valence-electron chi connectivity index (χ1n) is 44.7. The Labute approximate surface area is 645 Å². The van der Waals surface area contributed by atoms with E-state index in [2.05, 4.69) is 34.6 Å². The maximum absolute atomic E-state index is 13.1. The normalized spacial score (nSPS) is 14.0. The van der Waals surface area contributed by atoms with Gasteiger partial charge in [-0.05, 0) is 31.6 Å². The molecule has 624 valence electrons. The molecule has 3 N–H and O–H groups in total. The van der Waals surface area contributed by atoms with Crippen LogP contribution in [0.1, 0.15) is 465 Å². The van der Waals surface area contributed by atoms with E-state index < -0.39 is 97.5 Å². The Kier molecular flexibility index (Phi) is 77.3. The molecule has 0 amide bonds. The average molecular weight is 1540 g/mol. The van der Waals surface area contributed by atoms with Crippen LogP contribution in [0, 0.1) is 5.92 Å². The van der Waals surface area contributed by atoms with E-state index in [1.54, 1.807) is 0 Å². The first kappa shape index (κ1) is 103. The smallest absolute Gasteiger partial charge is 0.462 e. The van der Waals surface area contributed by atoms with Crippen molar-refractivity contribution < 1.29 is 80.2 Å². The van der Waals surface area contributed by atoms with Gasteiger partial charge < -0.3 is 33.8 Å². The van der Waals surface area contributed by atoms with Gasteiger partial charge in [0.05, 0.1) is 26.4 Å². The predicted octanol–water partition coefficient (Wildman–Crippen LogP) is 26.4. The molecule has 0 aliphatic heterocycles. The molecule has 0 aliphatic rings. The van der Waals surface area contributed by atoms with E-state index in [1.807, 2.05) is 0 Å². The molecule has 6 atom stereocenters. The summed E-state index contributed by atoms with van der Waals surface area (Å²) < 4.78 is 68.9. The van der Waals surface area contributed by atoms with Crippen molar-refractivity contribution >= 4 is 39.5 Å². The van der Waals surface area contributed by atoms with E-state index >= 15 is 0 Å². The number of phosphoric acid groups is 2. The van der Waals surface area contributed by atoms with E-state index in [0.29, 0.717) is 25.7 Å². The third kappa shape index (κ3) is 78.5. The highest BCUT2D eigenvalue weighted by molar-refractivity contribution is 7.47. The summed E-state index contributed by atoms with van der Waals surface area (Å²) in [5, 5.41) is 10.7. The summed E-state index contributed by atoms with van der Waals surface area (Å²) in [6.07, 6.45) is 72.3. The molecule has 0 radical (unpaired) electrons. The lowest BCUT2D eigenvalue weighted by Crippen LogP contribution is -2.30. The van der Waals surface area contributed by atoms with Crippen molar-refractivity contribution in [3.05, 3.63) is 0 Å². The lowest BCUT2D eigenvalue weighted by atomic mass is 10.00. The highest BCUT2D eigenvalue weighted by Crippen LogP contribution is 2.45. The Balaban J connectivity index is 5.22. The number of aliphatic hydroxyl groups is 1. The molecule has 0 spiro atoms. The van der Waals surface area contributed by atoms with Gasteiger partial charge in [-0.15, -0.1) is 0 Å². The number of unbranched alkanes of at least 4 members (excludes halogenated alkanes) is 57. The Hall–Kier alpha value is -1.94. The number of carbonyl (C=O) groups is 4. The van der Waals surface area contributed by atoms with Crippen LogP contribution >= 0.6 is 15.6 Å². The Morgan fingerprint density at radius 2 is 0.457 bits per heavy atom. The van der Waals surface area contributed by atoms with Gasteiger partial charge in [-0.3, -0.25) is 37.3 Å². The van der Waals surface area contributed by atoms with Gasteiger partial charge in [0.25, 0.3) is 0 Å². The summed E-state index contributed by atoms with van der Waals surface area (Å²) in [7, 11) is -9.93. The highest BCUT2D eigenvalue weighted by atomic mass is 31.2. The molecule has 0 aliphatic carbocycles. The quantitative estimate of drug-likeness (QED) is 0.0222. The van der Waals surface area contributed by atoms with Crippen LogP contribution in [0.5, 0.6) is 0 Å². The van der Waals surface area contributed by atoms with Gasteiger partial charge in [-0.1, -0.05) is 413 Å². The van der Waals surface area contributed by atoms with Gasteiger partial charge in [-0.25, -0.2) is 9.13 Å². The SMILES string of the molecule is CCCCCCCCCCCCCCCCCCCCCCCCC(=O)O[C@H](COC(=O)CCCCCCCCCCCCCCCCCCC)COP(=O)(O)OC[C@@H](O)COP(=O)(O)OC[C@@H](COC(=O)CCCCCCCCC(C)CC)OC(=O)CCCCCCCCCCCCCCCCCC. The first-order chi connectivity index (χ1) is 51.1. The van der Waals surface area contributed by atoms with Crippen LogP contribution in [0.25, 0.3) is 0 Å². The number of phosphoric ester groups is 2. The van der Waals surface area contributed by atoms with Crippen LogP contribution in [0.2, 0.25) is 0 Å². The minimum atomic E-state index is -4.97. The molecule has 0 aromatic heterocycles. The maximum atomic E-state index is 13.1. The van der Waals surface area contributed by atoms with E-state index in [1.165, 1.54) is 283 Å². The number of aliphatic hydroxyl groups excluding tert-OH is 1. The van der Waals surface area contributed by atoms with Crippen molar-refractivity contribution in [1.82, 2.24) is 0 Å². The zero-order chi connectivity index (χ0) is 76.9. The summed E-state index contributed by atoms with van der Waals surface area (Å²) in [5.74, 6) is -1.37. The lowest BCUT2D eigenvalue weighted by Gasteiger charge is -2.21. The molecule has 105 heavy (non-hydrogen) atoms. The third-order valence-electron chi connectivity index (χ3n) is 20.6. The first-order valence-corrected chi connectivity index (χ1v) is 47.7. The van der Waals surface area contributed by atoms with Gasteiger partial charge in [0.15, 0.2) is 12.2 Å². The Morgan fingerprint density at radius 3 is 0.676 bits per heavy atom. The summed E-state index contributed by atoms with van der Waals surface area (Å²) in [4.78, 5) is 73.2. The van der Waals surface area contributed by atoms with E-state index in [9.17, 15) is 43.2 Å². The molecule has 0 bridgehead atoms. The molecular weight excluding hydrogens is 1370 g/mol. The Morgan fingerprint density at radius 1 is 0.267 bits per heavy atom. The van der Waals surface area contributed by atoms with Crippen molar-refractivity contribution in [2.45, 2.75) is 483 Å². The summed E-state index contributed by atoms with van der Waals surface area (Å²) in [6.45, 7) is 7.32. The minimum absolute atomic E-state index is 0.108. The highest BCUT2D eigenvalue weighted by Gasteiger charge is 2.30. The zero-order valence-electron chi connectivity index (χ0n) is 68.9. The van der Waals surface area contributed by atoms with Crippen molar-refractivity contribution in [2.24, 2.45) is 5.92 Å². The standard InChI is InChI=1S/C86H168O17P2/c1-6-10-13-16-19-22-25-28-31-34-35-36-37-38-40-43-46-49-52-55-62-67-71-85(90)102-81(75-96-83(88)69-64-59-53-50-47-44-42-39-32-29-26-23-20-17-14-11-7-2)77-100-104(92,93)98-73-80(87)74-99-105(94,95)101-78-82(76-97-84(89)70-65-60-57-56-58-63-68-79(5)9-4)103-86(91)72-66-61-54-51-48-45-41-33-30-27-24-21-18-15-12-8-3/h79-82,87H,6-78H2,1-5H3,(H,92,93)(H,94,95)/t79?,80-,81-,82-/m1/s1. The molecule has 19 heteroatoms. The largest absolute Gasteiger partial charge is 0.472 e. The number of hydrogen-bond donors (Lipinski definition) is 3. The number of rotatable bonds is 86. The average Bonchev–Trinajstić information content (AvgIpc) is 0.917. The minimum Gasteiger partial charge on any atom is -0.462 e. The molecule has 0 saturated carbocycles. The molecule has 0 rings (SSSR count). The second kappa shape index (κ2) is 78.7. The van der Waals surface area contributed by atoms with Crippen molar-refractivity contribution in [2.75, 3.05) is 39.6 Å². The van der Waals surface area contributed by atoms with Gasteiger partial charge in [-0.2, -0.15) is 0 Å². The Bertz CT molecular complexity index is 2000. The van der Waals surface area contributed by atoms with Gasteiger partial charge in [0.2, 0.25) is 0 Å². The van der Waals surface area contributed by atoms with Gasteiger partial charge in [0, 0.05) is 25.7 Å². The number of esters is 4. The molecule has 0 aromatic rings. The maximum Gasteiger partial charge on any atom is 0.472 e. The molecule has 0 fully saturated rings.